The fourth-order valence-electron chi connectivity index (χ4n) is 4.29. The standard InChI is InChI=1S/C23H22ClFN4O4/c1-11-15(24)9-14-16(25)7-13(8-17(14)27-11)31-10-12-6-18(21-20(12)32-23(2,3)33-21)29-5-4-19(26)28-22(29)30/h4-9,18,20-21H,10H2,1-3H3,(H2,26,28,30)/t18-,20-,21+/m1/s1. The molecule has 1 aliphatic heterocycles. The number of nitrogens with two attached hydrogens (primary N) is 1. The highest BCUT2D eigenvalue weighted by Crippen LogP contribution is 2.43. The van der Waals surface area contributed by atoms with Crippen LogP contribution >= 0.6 is 11.6 Å². The van der Waals surface area contributed by atoms with Crippen molar-refractivity contribution in [3.05, 3.63) is 69.1 Å². The van der Waals surface area contributed by atoms with E-state index < -0.39 is 35.5 Å². The molecule has 0 spiro atoms. The molecule has 3 aromatic rings. The van der Waals surface area contributed by atoms with Crippen LogP contribution in [0.3, 0.4) is 0 Å². The number of ether oxygens (including phenoxy) is 3. The van der Waals surface area contributed by atoms with Crippen molar-refractivity contribution in [3.8, 4) is 5.75 Å². The molecule has 33 heavy (non-hydrogen) atoms. The van der Waals surface area contributed by atoms with Gasteiger partial charge in [-0.2, -0.15) is 4.98 Å². The number of halogens is 2. The molecule has 8 nitrogen and oxygen atoms in total. The van der Waals surface area contributed by atoms with Gasteiger partial charge in [-0.3, -0.25) is 9.55 Å². The third-order valence-corrected chi connectivity index (χ3v) is 6.16. The Morgan fingerprint density at radius 2 is 2.06 bits per heavy atom. The number of fused-ring (bicyclic) bond motifs is 2. The van der Waals surface area contributed by atoms with Gasteiger partial charge in [0, 0.05) is 23.7 Å². The van der Waals surface area contributed by atoms with Gasteiger partial charge in [0.25, 0.3) is 0 Å². The lowest BCUT2D eigenvalue weighted by Gasteiger charge is -2.22. The zero-order chi connectivity index (χ0) is 23.5. The summed E-state index contributed by atoms with van der Waals surface area (Å²) in [7, 11) is 0. The summed E-state index contributed by atoms with van der Waals surface area (Å²) in [5.41, 5.74) is 6.97. The van der Waals surface area contributed by atoms with Crippen LogP contribution in [-0.4, -0.2) is 39.1 Å². The van der Waals surface area contributed by atoms with Crippen LogP contribution in [0.5, 0.6) is 5.75 Å². The number of nitrogens with zero attached hydrogens (tertiary/aromatic N) is 3. The predicted molar refractivity (Wildman–Crippen MR) is 121 cm³/mol. The third kappa shape index (κ3) is 3.96. The maximum absolute atomic E-state index is 14.6. The molecule has 2 aromatic heterocycles. The average molecular weight is 473 g/mol. The largest absolute Gasteiger partial charge is 0.489 e. The molecule has 1 saturated heterocycles. The number of hydrogen-bond donors (Lipinski definition) is 1. The van der Waals surface area contributed by atoms with Gasteiger partial charge in [-0.05, 0) is 38.5 Å². The molecule has 1 aliphatic carbocycles. The molecule has 0 radical (unpaired) electrons. The van der Waals surface area contributed by atoms with E-state index in [1.807, 2.05) is 19.9 Å². The summed E-state index contributed by atoms with van der Waals surface area (Å²) in [5, 5.41) is 0.722. The number of benzene rings is 1. The summed E-state index contributed by atoms with van der Waals surface area (Å²) < 4.78 is 34.2. The van der Waals surface area contributed by atoms with Crippen molar-refractivity contribution in [2.24, 2.45) is 0 Å². The smallest absolute Gasteiger partial charge is 0.350 e. The van der Waals surface area contributed by atoms with Crippen molar-refractivity contribution in [2.75, 3.05) is 12.3 Å². The molecule has 172 valence electrons. The van der Waals surface area contributed by atoms with Crippen LogP contribution in [0, 0.1) is 12.7 Å². The quantitative estimate of drug-likeness (QED) is 0.579. The van der Waals surface area contributed by atoms with Crippen LogP contribution in [0.1, 0.15) is 25.6 Å². The second-order valence-corrected chi connectivity index (χ2v) is 9.02. The van der Waals surface area contributed by atoms with Crippen LogP contribution in [0.15, 0.2) is 46.9 Å². The molecule has 2 N–H and O–H groups in total. The van der Waals surface area contributed by atoms with Crippen molar-refractivity contribution >= 4 is 28.3 Å². The number of hydrogen-bond acceptors (Lipinski definition) is 7. The number of nitrogen functional groups attached to an aromatic ring is 1. The summed E-state index contributed by atoms with van der Waals surface area (Å²) in [6.07, 6.45) is 2.57. The molecule has 0 saturated carbocycles. The molecule has 5 rings (SSSR count). The highest BCUT2D eigenvalue weighted by Gasteiger charge is 2.51. The Kier molecular flexibility index (Phi) is 5.15. The number of aromatic nitrogens is 3. The Hall–Kier alpha value is -3.01. The molecule has 1 aromatic carbocycles. The van der Waals surface area contributed by atoms with Crippen LogP contribution in [-0.2, 0) is 9.47 Å². The van der Waals surface area contributed by atoms with Gasteiger partial charge in [-0.1, -0.05) is 17.7 Å². The zero-order valence-corrected chi connectivity index (χ0v) is 19.0. The third-order valence-electron chi connectivity index (χ3n) is 5.78. The van der Waals surface area contributed by atoms with Gasteiger partial charge in [-0.25, -0.2) is 9.18 Å². The Morgan fingerprint density at radius 1 is 1.27 bits per heavy atom. The van der Waals surface area contributed by atoms with Crippen LogP contribution in [0.25, 0.3) is 10.9 Å². The van der Waals surface area contributed by atoms with Crippen molar-refractivity contribution in [1.29, 1.82) is 0 Å². The van der Waals surface area contributed by atoms with E-state index in [1.165, 1.54) is 10.6 Å². The van der Waals surface area contributed by atoms with Gasteiger partial charge in [0.05, 0.1) is 22.3 Å². The van der Waals surface area contributed by atoms with Crippen LogP contribution in [0.2, 0.25) is 5.02 Å². The topological polar surface area (TPSA) is 101 Å². The Bertz CT molecular complexity index is 1360. The van der Waals surface area contributed by atoms with Crippen molar-refractivity contribution in [2.45, 2.75) is 44.8 Å². The molecule has 3 atom stereocenters. The second-order valence-electron chi connectivity index (χ2n) is 8.61. The Balaban J connectivity index is 1.45. The van der Waals surface area contributed by atoms with Gasteiger partial charge in [0.2, 0.25) is 0 Å². The lowest BCUT2D eigenvalue weighted by molar-refractivity contribution is -0.148. The molecule has 2 aliphatic rings. The summed E-state index contributed by atoms with van der Waals surface area (Å²) in [6, 6.07) is 5.62. The molecule has 1 fully saturated rings. The SMILES string of the molecule is Cc1nc2cc(OCC3=C[C@@H](n4ccc(N)nc4=O)[C@@H]4OC(C)(C)O[C@H]34)cc(F)c2cc1Cl. The summed E-state index contributed by atoms with van der Waals surface area (Å²) in [5.74, 6) is -0.854. The van der Waals surface area contributed by atoms with Gasteiger partial charge in [-0.15, -0.1) is 0 Å². The minimum absolute atomic E-state index is 0.117. The van der Waals surface area contributed by atoms with Gasteiger partial charge < -0.3 is 19.9 Å². The molecule has 0 amide bonds. The lowest BCUT2D eigenvalue weighted by Crippen LogP contribution is -2.35. The number of aryl methyl sites for hydroxylation is 1. The predicted octanol–water partition coefficient (Wildman–Crippen LogP) is 3.55. The van der Waals surface area contributed by atoms with E-state index >= 15 is 0 Å². The lowest BCUT2D eigenvalue weighted by atomic mass is 10.1. The first kappa shape index (κ1) is 21.8. The summed E-state index contributed by atoms with van der Waals surface area (Å²) in [6.45, 7) is 5.49. The first-order valence-corrected chi connectivity index (χ1v) is 10.8. The fraction of sp³-hybridized carbons (Fsp3) is 0.348. The van der Waals surface area contributed by atoms with Crippen molar-refractivity contribution in [3.63, 3.8) is 0 Å². The molecule has 0 bridgehead atoms. The first-order chi connectivity index (χ1) is 15.6. The minimum Gasteiger partial charge on any atom is -0.489 e. The van der Waals surface area contributed by atoms with E-state index in [4.69, 9.17) is 31.5 Å². The van der Waals surface area contributed by atoms with E-state index in [0.717, 1.165) is 5.57 Å². The van der Waals surface area contributed by atoms with E-state index in [1.54, 1.807) is 31.3 Å². The molecular weight excluding hydrogens is 451 g/mol. The number of pyridine rings is 1. The second kappa shape index (κ2) is 7.79. The first-order valence-electron chi connectivity index (χ1n) is 10.4. The number of anilines is 1. The van der Waals surface area contributed by atoms with E-state index in [2.05, 4.69) is 9.97 Å². The normalized spacial score (nSPS) is 23.5. The van der Waals surface area contributed by atoms with E-state index in [-0.39, 0.29) is 12.4 Å². The average Bonchev–Trinajstić information content (AvgIpc) is 3.21. The van der Waals surface area contributed by atoms with Crippen LogP contribution < -0.4 is 16.2 Å². The molecule has 0 unspecified atom stereocenters. The molecule has 10 heteroatoms. The van der Waals surface area contributed by atoms with Gasteiger partial charge in [0.1, 0.15) is 36.2 Å². The fourth-order valence-corrected chi connectivity index (χ4v) is 4.44. The van der Waals surface area contributed by atoms with Crippen LogP contribution in [0.4, 0.5) is 10.2 Å². The monoisotopic (exact) mass is 472 g/mol. The maximum atomic E-state index is 14.6. The maximum Gasteiger partial charge on any atom is 0.350 e. The highest BCUT2D eigenvalue weighted by atomic mass is 35.5. The molecular formula is C23H22ClFN4O4. The van der Waals surface area contributed by atoms with Gasteiger partial charge >= 0.3 is 5.69 Å². The summed E-state index contributed by atoms with van der Waals surface area (Å²) in [4.78, 5) is 20.6. The van der Waals surface area contributed by atoms with E-state index in [0.29, 0.717) is 27.4 Å². The van der Waals surface area contributed by atoms with Gasteiger partial charge in [0.15, 0.2) is 5.79 Å². The minimum atomic E-state index is -0.840. The van der Waals surface area contributed by atoms with Crippen molar-refractivity contribution < 1.29 is 18.6 Å². The van der Waals surface area contributed by atoms with E-state index in [9.17, 15) is 9.18 Å². The number of rotatable bonds is 4. The Labute approximate surface area is 193 Å². The molecule has 3 heterocycles. The van der Waals surface area contributed by atoms with Crippen molar-refractivity contribution in [1.82, 2.24) is 14.5 Å². The summed E-state index contributed by atoms with van der Waals surface area (Å²) >= 11 is 6.08. The Morgan fingerprint density at radius 3 is 2.82 bits per heavy atom. The highest BCUT2D eigenvalue weighted by molar-refractivity contribution is 6.31. The zero-order valence-electron chi connectivity index (χ0n) is 18.2.